The quantitative estimate of drug-likeness (QED) is 0.844. The van der Waals surface area contributed by atoms with Crippen molar-refractivity contribution in [3.05, 3.63) is 22.4 Å². The van der Waals surface area contributed by atoms with Crippen LogP contribution in [0.15, 0.2) is 16.8 Å². The van der Waals surface area contributed by atoms with Crippen molar-refractivity contribution < 1.29 is 9.84 Å². The number of nitrogens with two attached hydrogens (primary N) is 1. The zero-order chi connectivity index (χ0) is 13.0. The number of thiophene rings is 1. The van der Waals surface area contributed by atoms with Gasteiger partial charge in [-0.05, 0) is 28.8 Å². The number of morpholine rings is 1. The van der Waals surface area contributed by atoms with Crippen LogP contribution < -0.4 is 5.73 Å². The van der Waals surface area contributed by atoms with Gasteiger partial charge in [0, 0.05) is 12.6 Å². The Morgan fingerprint density at radius 2 is 2.50 bits per heavy atom. The van der Waals surface area contributed by atoms with Crippen LogP contribution in [0.2, 0.25) is 0 Å². The molecular weight excluding hydrogens is 248 g/mol. The molecule has 0 amide bonds. The molecule has 1 saturated heterocycles. The summed E-state index contributed by atoms with van der Waals surface area (Å²) in [6.07, 6.45) is 0.927. The summed E-state index contributed by atoms with van der Waals surface area (Å²) in [7, 11) is 0. The third-order valence-corrected chi connectivity index (χ3v) is 4.30. The first-order valence-electron chi connectivity index (χ1n) is 6.50. The van der Waals surface area contributed by atoms with E-state index >= 15 is 0 Å². The van der Waals surface area contributed by atoms with Crippen LogP contribution in [0, 0.1) is 0 Å². The van der Waals surface area contributed by atoms with Crippen molar-refractivity contribution in [3.63, 3.8) is 0 Å². The SMILES string of the molecule is CCC(N)C(c1ccsc1)N1CCOCC1CO. The monoisotopic (exact) mass is 270 g/mol. The molecule has 2 rings (SSSR count). The maximum Gasteiger partial charge on any atom is 0.0645 e. The molecule has 1 aromatic heterocycles. The predicted octanol–water partition coefficient (Wildman–Crippen LogP) is 1.22. The average molecular weight is 270 g/mol. The maximum absolute atomic E-state index is 9.50. The second-order valence-electron chi connectivity index (χ2n) is 4.72. The van der Waals surface area contributed by atoms with Crippen molar-refractivity contribution in [1.29, 1.82) is 0 Å². The Hall–Kier alpha value is -0.460. The van der Waals surface area contributed by atoms with Gasteiger partial charge in [0.05, 0.1) is 31.9 Å². The van der Waals surface area contributed by atoms with Crippen molar-refractivity contribution in [2.24, 2.45) is 5.73 Å². The fourth-order valence-electron chi connectivity index (χ4n) is 2.54. The Bertz CT molecular complexity index is 345. The number of nitrogens with zero attached hydrogens (tertiary/aromatic N) is 1. The van der Waals surface area contributed by atoms with Crippen LogP contribution in [0.5, 0.6) is 0 Å². The average Bonchev–Trinajstić information content (AvgIpc) is 2.93. The standard InChI is InChI=1S/C13H22N2O2S/c1-2-12(14)13(10-3-6-18-9-10)15-4-5-17-8-11(15)7-16/h3,6,9,11-13,16H,2,4-5,7-8,14H2,1H3. The Labute approximate surface area is 112 Å². The zero-order valence-corrected chi connectivity index (χ0v) is 11.6. The summed E-state index contributed by atoms with van der Waals surface area (Å²) in [6, 6.07) is 2.46. The summed E-state index contributed by atoms with van der Waals surface area (Å²) in [5.41, 5.74) is 7.56. The van der Waals surface area contributed by atoms with Crippen LogP contribution in [0.3, 0.4) is 0 Å². The molecule has 0 aromatic carbocycles. The van der Waals surface area contributed by atoms with E-state index in [1.807, 2.05) is 0 Å². The molecule has 1 aliphatic heterocycles. The van der Waals surface area contributed by atoms with Crippen molar-refractivity contribution in [1.82, 2.24) is 4.90 Å². The summed E-state index contributed by atoms with van der Waals surface area (Å²) in [5.74, 6) is 0. The van der Waals surface area contributed by atoms with Crippen molar-refractivity contribution in [3.8, 4) is 0 Å². The van der Waals surface area contributed by atoms with Gasteiger partial charge in [-0.25, -0.2) is 0 Å². The van der Waals surface area contributed by atoms with E-state index in [1.165, 1.54) is 5.56 Å². The maximum atomic E-state index is 9.50. The van der Waals surface area contributed by atoms with Crippen LogP contribution in [0.25, 0.3) is 0 Å². The van der Waals surface area contributed by atoms with Crippen LogP contribution >= 0.6 is 11.3 Å². The molecule has 0 bridgehead atoms. The molecule has 1 aliphatic rings. The second kappa shape index (κ2) is 6.63. The molecule has 0 saturated carbocycles. The molecule has 3 atom stereocenters. The molecule has 18 heavy (non-hydrogen) atoms. The molecule has 0 aliphatic carbocycles. The van der Waals surface area contributed by atoms with Crippen molar-refractivity contribution in [2.45, 2.75) is 31.5 Å². The second-order valence-corrected chi connectivity index (χ2v) is 5.50. The van der Waals surface area contributed by atoms with E-state index in [2.05, 4.69) is 28.7 Å². The Balaban J connectivity index is 2.22. The summed E-state index contributed by atoms with van der Waals surface area (Å²) in [4.78, 5) is 2.31. The molecule has 0 radical (unpaired) electrons. The van der Waals surface area contributed by atoms with Gasteiger partial charge in [-0.1, -0.05) is 6.92 Å². The van der Waals surface area contributed by atoms with E-state index in [4.69, 9.17) is 10.5 Å². The van der Waals surface area contributed by atoms with E-state index < -0.39 is 0 Å². The molecule has 0 spiro atoms. The van der Waals surface area contributed by atoms with Gasteiger partial charge in [-0.15, -0.1) is 0 Å². The smallest absolute Gasteiger partial charge is 0.0645 e. The normalized spacial score (nSPS) is 24.9. The first-order valence-corrected chi connectivity index (χ1v) is 7.44. The van der Waals surface area contributed by atoms with Crippen LogP contribution in [0.4, 0.5) is 0 Å². The summed E-state index contributed by atoms with van der Waals surface area (Å²) < 4.78 is 5.44. The fourth-order valence-corrected chi connectivity index (χ4v) is 3.23. The number of rotatable bonds is 5. The highest BCUT2D eigenvalue weighted by atomic mass is 32.1. The Morgan fingerprint density at radius 3 is 3.11 bits per heavy atom. The number of ether oxygens (including phenoxy) is 1. The summed E-state index contributed by atoms with van der Waals surface area (Å²) in [5, 5.41) is 13.7. The van der Waals surface area contributed by atoms with Gasteiger partial charge >= 0.3 is 0 Å². The first kappa shape index (κ1) is 14.0. The molecule has 1 fully saturated rings. The van der Waals surface area contributed by atoms with E-state index in [1.54, 1.807) is 11.3 Å². The van der Waals surface area contributed by atoms with Gasteiger partial charge in [0.1, 0.15) is 0 Å². The number of hydrogen-bond acceptors (Lipinski definition) is 5. The van der Waals surface area contributed by atoms with Gasteiger partial charge < -0.3 is 15.6 Å². The summed E-state index contributed by atoms with van der Waals surface area (Å²) in [6.45, 7) is 4.37. The molecule has 102 valence electrons. The lowest BCUT2D eigenvalue weighted by Gasteiger charge is -2.42. The highest BCUT2D eigenvalue weighted by Gasteiger charge is 2.33. The third-order valence-electron chi connectivity index (χ3n) is 3.60. The molecule has 1 aromatic rings. The lowest BCUT2D eigenvalue weighted by atomic mass is 9.96. The van der Waals surface area contributed by atoms with Gasteiger partial charge in [0.25, 0.3) is 0 Å². The summed E-state index contributed by atoms with van der Waals surface area (Å²) >= 11 is 1.69. The topological polar surface area (TPSA) is 58.7 Å². The molecule has 4 nitrogen and oxygen atoms in total. The van der Waals surface area contributed by atoms with Gasteiger partial charge in [-0.3, -0.25) is 4.90 Å². The predicted molar refractivity (Wildman–Crippen MR) is 73.7 cm³/mol. The minimum absolute atomic E-state index is 0.0567. The first-order chi connectivity index (χ1) is 8.77. The van der Waals surface area contributed by atoms with E-state index in [0.717, 1.165) is 13.0 Å². The van der Waals surface area contributed by atoms with Gasteiger partial charge in [0.15, 0.2) is 0 Å². The minimum atomic E-state index is 0.0567. The lowest BCUT2D eigenvalue weighted by molar-refractivity contribution is -0.0527. The van der Waals surface area contributed by atoms with Crippen LogP contribution in [0.1, 0.15) is 24.9 Å². The van der Waals surface area contributed by atoms with Crippen molar-refractivity contribution >= 4 is 11.3 Å². The van der Waals surface area contributed by atoms with Crippen LogP contribution in [-0.4, -0.2) is 48.5 Å². The molecule has 3 N–H and O–H groups in total. The largest absolute Gasteiger partial charge is 0.395 e. The Morgan fingerprint density at radius 1 is 1.67 bits per heavy atom. The Kier molecular flexibility index (Phi) is 5.14. The minimum Gasteiger partial charge on any atom is -0.395 e. The molecule has 5 heteroatoms. The number of aliphatic hydroxyl groups is 1. The van der Waals surface area contributed by atoms with Gasteiger partial charge in [-0.2, -0.15) is 11.3 Å². The molecule has 3 unspecified atom stereocenters. The molecule has 2 heterocycles. The lowest BCUT2D eigenvalue weighted by Crippen LogP contribution is -2.53. The highest BCUT2D eigenvalue weighted by Crippen LogP contribution is 2.29. The number of hydrogen-bond donors (Lipinski definition) is 2. The third kappa shape index (κ3) is 2.92. The zero-order valence-electron chi connectivity index (χ0n) is 10.8. The number of aliphatic hydroxyl groups excluding tert-OH is 1. The van der Waals surface area contributed by atoms with E-state index in [9.17, 15) is 5.11 Å². The highest BCUT2D eigenvalue weighted by molar-refractivity contribution is 7.07. The van der Waals surface area contributed by atoms with Gasteiger partial charge in [0.2, 0.25) is 0 Å². The molecular formula is C13H22N2O2S. The fraction of sp³-hybridized carbons (Fsp3) is 0.692. The van der Waals surface area contributed by atoms with E-state index in [0.29, 0.717) is 13.2 Å². The van der Waals surface area contributed by atoms with Crippen LogP contribution in [-0.2, 0) is 4.74 Å². The van der Waals surface area contributed by atoms with Crippen molar-refractivity contribution in [2.75, 3.05) is 26.4 Å². The van der Waals surface area contributed by atoms with E-state index in [-0.39, 0.29) is 24.7 Å².